The van der Waals surface area contributed by atoms with Gasteiger partial charge >= 0.3 is 0 Å². The van der Waals surface area contributed by atoms with E-state index in [9.17, 15) is 0 Å². The molecule has 17 heavy (non-hydrogen) atoms. The Bertz CT molecular complexity index is 403. The molecule has 0 spiro atoms. The molecule has 0 fully saturated rings. The SMILES string of the molecule is CCNC(C1=CCCO1)c1ccccc1SC. The molecule has 0 aliphatic carbocycles. The average Bonchev–Trinajstić information content (AvgIpc) is 2.89. The van der Waals surface area contributed by atoms with Gasteiger partial charge in [0.05, 0.1) is 12.6 Å². The molecule has 92 valence electrons. The van der Waals surface area contributed by atoms with Crippen molar-refractivity contribution in [2.75, 3.05) is 19.4 Å². The number of rotatable bonds is 5. The van der Waals surface area contributed by atoms with Crippen molar-refractivity contribution in [3.63, 3.8) is 0 Å². The minimum Gasteiger partial charge on any atom is -0.496 e. The lowest BCUT2D eigenvalue weighted by atomic mass is 10.0. The topological polar surface area (TPSA) is 21.3 Å². The van der Waals surface area contributed by atoms with Crippen molar-refractivity contribution in [3.05, 3.63) is 41.7 Å². The smallest absolute Gasteiger partial charge is 0.114 e. The molecule has 0 radical (unpaired) electrons. The van der Waals surface area contributed by atoms with Crippen molar-refractivity contribution in [3.8, 4) is 0 Å². The van der Waals surface area contributed by atoms with E-state index in [4.69, 9.17) is 4.74 Å². The molecule has 2 rings (SSSR count). The third-order valence-corrected chi connectivity index (χ3v) is 3.69. The van der Waals surface area contributed by atoms with E-state index in [-0.39, 0.29) is 6.04 Å². The van der Waals surface area contributed by atoms with Crippen LogP contribution in [0.4, 0.5) is 0 Å². The first-order chi connectivity index (χ1) is 8.36. The van der Waals surface area contributed by atoms with E-state index in [1.54, 1.807) is 11.8 Å². The molecule has 1 atom stereocenters. The van der Waals surface area contributed by atoms with E-state index in [0.29, 0.717) is 0 Å². The normalized spacial score (nSPS) is 16.5. The van der Waals surface area contributed by atoms with Crippen LogP contribution in [-0.4, -0.2) is 19.4 Å². The summed E-state index contributed by atoms with van der Waals surface area (Å²) in [7, 11) is 0. The van der Waals surface area contributed by atoms with Crippen LogP contribution in [0.25, 0.3) is 0 Å². The van der Waals surface area contributed by atoms with Crippen LogP contribution in [0, 0.1) is 0 Å². The standard InChI is InChI=1S/C14H19NOS/c1-3-15-14(12-8-6-10-16-12)11-7-4-5-9-13(11)17-2/h4-5,7-9,14-15H,3,6,10H2,1-2H3. The van der Waals surface area contributed by atoms with E-state index < -0.39 is 0 Å². The molecule has 1 aromatic rings. The second kappa shape index (κ2) is 6.12. The summed E-state index contributed by atoms with van der Waals surface area (Å²) >= 11 is 1.79. The highest BCUT2D eigenvalue weighted by Crippen LogP contribution is 2.32. The Balaban J connectivity index is 2.31. The molecule has 1 aliphatic heterocycles. The molecule has 1 unspecified atom stereocenters. The van der Waals surface area contributed by atoms with Gasteiger partial charge in [-0.3, -0.25) is 0 Å². The van der Waals surface area contributed by atoms with E-state index in [1.165, 1.54) is 10.5 Å². The lowest BCUT2D eigenvalue weighted by Gasteiger charge is -2.21. The highest BCUT2D eigenvalue weighted by Gasteiger charge is 2.21. The van der Waals surface area contributed by atoms with Crippen molar-refractivity contribution in [1.82, 2.24) is 5.32 Å². The van der Waals surface area contributed by atoms with Crippen LogP contribution in [0.2, 0.25) is 0 Å². The zero-order valence-corrected chi connectivity index (χ0v) is 11.2. The van der Waals surface area contributed by atoms with Crippen LogP contribution < -0.4 is 5.32 Å². The summed E-state index contributed by atoms with van der Waals surface area (Å²) in [5.41, 5.74) is 1.31. The van der Waals surface area contributed by atoms with Crippen molar-refractivity contribution in [1.29, 1.82) is 0 Å². The van der Waals surface area contributed by atoms with E-state index in [2.05, 4.69) is 48.8 Å². The Kier molecular flexibility index (Phi) is 4.51. The van der Waals surface area contributed by atoms with Crippen molar-refractivity contribution in [2.45, 2.75) is 24.3 Å². The largest absolute Gasteiger partial charge is 0.496 e. The summed E-state index contributed by atoms with van der Waals surface area (Å²) in [6.45, 7) is 3.89. The highest BCUT2D eigenvalue weighted by molar-refractivity contribution is 7.98. The van der Waals surface area contributed by atoms with Gasteiger partial charge in [-0.05, 0) is 30.5 Å². The van der Waals surface area contributed by atoms with Crippen LogP contribution in [0.5, 0.6) is 0 Å². The Morgan fingerprint density at radius 3 is 2.88 bits per heavy atom. The van der Waals surface area contributed by atoms with Gasteiger partial charge in [-0.2, -0.15) is 0 Å². The van der Waals surface area contributed by atoms with Gasteiger partial charge in [0.15, 0.2) is 0 Å². The van der Waals surface area contributed by atoms with Gasteiger partial charge in [0, 0.05) is 11.3 Å². The zero-order valence-electron chi connectivity index (χ0n) is 10.4. The fraction of sp³-hybridized carbons (Fsp3) is 0.429. The third-order valence-electron chi connectivity index (χ3n) is 2.87. The Labute approximate surface area is 107 Å². The highest BCUT2D eigenvalue weighted by atomic mass is 32.2. The number of nitrogens with one attached hydrogen (secondary N) is 1. The molecule has 1 N–H and O–H groups in total. The molecule has 0 aromatic heterocycles. The van der Waals surface area contributed by atoms with Crippen LogP contribution in [0.1, 0.15) is 24.9 Å². The molecule has 0 saturated carbocycles. The number of hydrogen-bond acceptors (Lipinski definition) is 3. The van der Waals surface area contributed by atoms with Crippen molar-refractivity contribution >= 4 is 11.8 Å². The summed E-state index contributed by atoms with van der Waals surface area (Å²) in [6.07, 6.45) is 5.34. The predicted octanol–water partition coefficient (Wildman–Crippen LogP) is 3.36. The second-order valence-corrected chi connectivity index (χ2v) is 4.82. The predicted molar refractivity (Wildman–Crippen MR) is 73.3 cm³/mol. The van der Waals surface area contributed by atoms with Gasteiger partial charge < -0.3 is 10.1 Å². The quantitative estimate of drug-likeness (QED) is 0.808. The molecule has 1 heterocycles. The molecular weight excluding hydrogens is 230 g/mol. The fourth-order valence-corrected chi connectivity index (χ4v) is 2.75. The molecule has 1 aliphatic rings. The van der Waals surface area contributed by atoms with Crippen LogP contribution in [0.3, 0.4) is 0 Å². The molecule has 0 bridgehead atoms. The maximum atomic E-state index is 5.71. The Morgan fingerprint density at radius 2 is 2.24 bits per heavy atom. The van der Waals surface area contributed by atoms with Gasteiger partial charge in [-0.25, -0.2) is 0 Å². The number of benzene rings is 1. The minimum atomic E-state index is 0.200. The van der Waals surface area contributed by atoms with Crippen LogP contribution >= 0.6 is 11.8 Å². The number of likely N-dealkylation sites (N-methyl/N-ethyl adjacent to an activating group) is 1. The lowest BCUT2D eigenvalue weighted by Crippen LogP contribution is -2.23. The monoisotopic (exact) mass is 249 g/mol. The summed E-state index contributed by atoms with van der Waals surface area (Å²) < 4.78 is 5.71. The number of thioether (sulfide) groups is 1. The first-order valence-electron chi connectivity index (χ1n) is 6.06. The molecule has 2 nitrogen and oxygen atoms in total. The first-order valence-corrected chi connectivity index (χ1v) is 7.28. The lowest BCUT2D eigenvalue weighted by molar-refractivity contribution is 0.215. The van der Waals surface area contributed by atoms with Gasteiger partial charge in [-0.1, -0.05) is 25.1 Å². The summed E-state index contributed by atoms with van der Waals surface area (Å²) in [5.74, 6) is 1.08. The van der Waals surface area contributed by atoms with Gasteiger partial charge in [0.1, 0.15) is 5.76 Å². The average molecular weight is 249 g/mol. The van der Waals surface area contributed by atoms with Crippen molar-refractivity contribution < 1.29 is 4.74 Å². The maximum Gasteiger partial charge on any atom is 0.114 e. The molecular formula is C14H19NOS. The van der Waals surface area contributed by atoms with E-state index in [0.717, 1.165) is 25.3 Å². The maximum absolute atomic E-state index is 5.71. The fourth-order valence-electron chi connectivity index (χ4n) is 2.11. The summed E-state index contributed by atoms with van der Waals surface area (Å²) in [5, 5.41) is 3.51. The first kappa shape index (κ1) is 12.5. The van der Waals surface area contributed by atoms with Gasteiger partial charge in [0.2, 0.25) is 0 Å². The summed E-state index contributed by atoms with van der Waals surface area (Å²) in [4.78, 5) is 1.31. The zero-order chi connectivity index (χ0) is 12.1. The Morgan fingerprint density at radius 1 is 1.41 bits per heavy atom. The van der Waals surface area contributed by atoms with Gasteiger partial charge in [0.25, 0.3) is 0 Å². The molecule has 3 heteroatoms. The van der Waals surface area contributed by atoms with Crippen LogP contribution in [0.15, 0.2) is 41.0 Å². The molecule has 1 aromatic carbocycles. The second-order valence-electron chi connectivity index (χ2n) is 3.98. The van der Waals surface area contributed by atoms with E-state index >= 15 is 0 Å². The number of hydrogen-bond donors (Lipinski definition) is 1. The van der Waals surface area contributed by atoms with Crippen molar-refractivity contribution in [2.24, 2.45) is 0 Å². The molecule has 0 saturated heterocycles. The Hall–Kier alpha value is -0.930. The third kappa shape index (κ3) is 2.85. The molecule has 0 amide bonds. The minimum absolute atomic E-state index is 0.200. The summed E-state index contributed by atoms with van der Waals surface area (Å²) in [6, 6.07) is 8.73. The van der Waals surface area contributed by atoms with Gasteiger partial charge in [-0.15, -0.1) is 11.8 Å². The van der Waals surface area contributed by atoms with Crippen LogP contribution in [-0.2, 0) is 4.74 Å². The number of ether oxygens (including phenoxy) is 1. The van der Waals surface area contributed by atoms with E-state index in [1.807, 2.05) is 0 Å².